The van der Waals surface area contributed by atoms with Gasteiger partial charge in [-0.25, -0.2) is 0 Å². The molecule has 0 bridgehead atoms. The zero-order chi connectivity index (χ0) is 12.4. The first-order chi connectivity index (χ1) is 8.83. The molecule has 2 fully saturated rings. The fourth-order valence-electron chi connectivity index (χ4n) is 2.10. The van der Waals surface area contributed by atoms with E-state index in [4.69, 9.17) is 21.1 Å². The molecule has 1 unspecified atom stereocenters. The highest BCUT2D eigenvalue weighted by Crippen LogP contribution is 2.33. The van der Waals surface area contributed by atoms with Crippen molar-refractivity contribution in [3.63, 3.8) is 0 Å². The minimum absolute atomic E-state index is 0.110. The Bertz CT molecular complexity index is 414. The molecule has 98 valence electrons. The van der Waals surface area contributed by atoms with Gasteiger partial charge < -0.3 is 14.8 Å². The molecule has 1 aromatic carbocycles. The fourth-order valence-corrected chi connectivity index (χ4v) is 2.27. The Hall–Kier alpha value is -0.770. The van der Waals surface area contributed by atoms with Gasteiger partial charge in [0.05, 0.1) is 24.3 Å². The summed E-state index contributed by atoms with van der Waals surface area (Å²) in [7, 11) is 0. The Balaban J connectivity index is 1.71. The minimum atomic E-state index is 0.110. The quantitative estimate of drug-likeness (QED) is 0.910. The van der Waals surface area contributed by atoms with E-state index < -0.39 is 0 Å². The van der Waals surface area contributed by atoms with Crippen LogP contribution in [0, 0.1) is 5.92 Å². The number of hydrogen-bond donors (Lipinski definition) is 1. The zero-order valence-corrected chi connectivity index (χ0v) is 11.1. The van der Waals surface area contributed by atoms with Gasteiger partial charge in [-0.2, -0.15) is 0 Å². The first kappa shape index (κ1) is 12.3. The molecule has 18 heavy (non-hydrogen) atoms. The van der Waals surface area contributed by atoms with Gasteiger partial charge in [-0.3, -0.25) is 0 Å². The van der Waals surface area contributed by atoms with Crippen LogP contribution in [0.25, 0.3) is 0 Å². The molecule has 1 aliphatic carbocycles. The number of rotatable bonds is 4. The lowest BCUT2D eigenvalue weighted by molar-refractivity contribution is 0.0275. The van der Waals surface area contributed by atoms with Gasteiger partial charge in [0.15, 0.2) is 0 Å². The largest absolute Gasteiger partial charge is 0.492 e. The third kappa shape index (κ3) is 2.97. The Kier molecular flexibility index (Phi) is 3.73. The normalized spacial score (nSPS) is 23.9. The van der Waals surface area contributed by atoms with Crippen molar-refractivity contribution in [2.75, 3.05) is 26.3 Å². The maximum atomic E-state index is 6.16. The first-order valence-electron chi connectivity index (χ1n) is 6.57. The third-order valence-electron chi connectivity index (χ3n) is 3.43. The molecule has 0 spiro atoms. The zero-order valence-electron chi connectivity index (χ0n) is 10.3. The minimum Gasteiger partial charge on any atom is -0.492 e. The van der Waals surface area contributed by atoms with Crippen LogP contribution in [0.5, 0.6) is 5.75 Å². The van der Waals surface area contributed by atoms with E-state index in [1.165, 1.54) is 12.8 Å². The highest BCUT2D eigenvalue weighted by molar-refractivity contribution is 6.32. The summed E-state index contributed by atoms with van der Waals surface area (Å²) in [5.74, 6) is 1.52. The molecule has 1 aliphatic heterocycles. The predicted molar refractivity (Wildman–Crippen MR) is 71.2 cm³/mol. The van der Waals surface area contributed by atoms with E-state index in [-0.39, 0.29) is 6.10 Å². The van der Waals surface area contributed by atoms with Gasteiger partial charge >= 0.3 is 0 Å². The van der Waals surface area contributed by atoms with E-state index in [0.717, 1.165) is 43.5 Å². The average Bonchev–Trinajstić information content (AvgIpc) is 3.23. The summed E-state index contributed by atoms with van der Waals surface area (Å²) >= 11 is 6.16. The second kappa shape index (κ2) is 5.47. The fraction of sp³-hybridized carbons (Fsp3) is 0.571. The molecular formula is C14H18ClNO2. The van der Waals surface area contributed by atoms with E-state index in [9.17, 15) is 0 Å². The number of morpholine rings is 1. The van der Waals surface area contributed by atoms with Gasteiger partial charge in [-0.1, -0.05) is 17.7 Å². The Morgan fingerprint density at radius 2 is 2.28 bits per heavy atom. The van der Waals surface area contributed by atoms with E-state index in [1.54, 1.807) is 0 Å². The van der Waals surface area contributed by atoms with E-state index in [0.29, 0.717) is 5.02 Å². The van der Waals surface area contributed by atoms with Gasteiger partial charge in [0.2, 0.25) is 0 Å². The monoisotopic (exact) mass is 267 g/mol. The summed E-state index contributed by atoms with van der Waals surface area (Å²) in [5, 5.41) is 4.01. The SMILES string of the molecule is Clc1ccc(C2CNCCO2)cc1OCC1CC1. The maximum absolute atomic E-state index is 6.16. The van der Waals surface area contributed by atoms with Crippen LogP contribution in [0.2, 0.25) is 5.02 Å². The summed E-state index contributed by atoms with van der Waals surface area (Å²) in [6.45, 7) is 3.32. The molecule has 2 aliphatic rings. The number of ether oxygens (including phenoxy) is 2. The molecule has 4 heteroatoms. The van der Waals surface area contributed by atoms with Crippen LogP contribution in [0.1, 0.15) is 24.5 Å². The molecule has 1 aromatic rings. The van der Waals surface area contributed by atoms with E-state index in [1.807, 2.05) is 18.2 Å². The number of hydrogen-bond acceptors (Lipinski definition) is 3. The smallest absolute Gasteiger partial charge is 0.138 e. The van der Waals surface area contributed by atoms with Crippen LogP contribution in [0.15, 0.2) is 18.2 Å². The molecule has 3 nitrogen and oxygen atoms in total. The van der Waals surface area contributed by atoms with Crippen molar-refractivity contribution in [1.29, 1.82) is 0 Å². The number of benzene rings is 1. The summed E-state index contributed by atoms with van der Waals surface area (Å²) < 4.78 is 11.5. The van der Waals surface area contributed by atoms with Crippen molar-refractivity contribution in [2.45, 2.75) is 18.9 Å². The Morgan fingerprint density at radius 3 is 3.00 bits per heavy atom. The molecule has 1 saturated carbocycles. The van der Waals surface area contributed by atoms with Crippen LogP contribution in [-0.2, 0) is 4.74 Å². The third-order valence-corrected chi connectivity index (χ3v) is 3.74. The highest BCUT2D eigenvalue weighted by Gasteiger charge is 2.23. The predicted octanol–water partition coefficient (Wildman–Crippen LogP) is 2.79. The molecule has 1 saturated heterocycles. The molecule has 0 amide bonds. The van der Waals surface area contributed by atoms with Crippen molar-refractivity contribution in [2.24, 2.45) is 5.92 Å². The number of halogens is 1. The summed E-state index contributed by atoms with van der Waals surface area (Å²) in [5.41, 5.74) is 1.14. The number of nitrogens with one attached hydrogen (secondary N) is 1. The van der Waals surface area contributed by atoms with Crippen molar-refractivity contribution in [3.05, 3.63) is 28.8 Å². The summed E-state index contributed by atoms with van der Waals surface area (Å²) in [4.78, 5) is 0. The molecule has 1 heterocycles. The molecular weight excluding hydrogens is 250 g/mol. The summed E-state index contributed by atoms with van der Waals surface area (Å²) in [6.07, 6.45) is 2.68. The van der Waals surface area contributed by atoms with Crippen molar-refractivity contribution in [3.8, 4) is 5.75 Å². The van der Waals surface area contributed by atoms with Gasteiger partial charge in [-0.15, -0.1) is 0 Å². The molecule has 1 atom stereocenters. The van der Waals surface area contributed by atoms with Crippen LogP contribution in [0.3, 0.4) is 0 Å². The second-order valence-corrected chi connectivity index (χ2v) is 5.41. The topological polar surface area (TPSA) is 30.5 Å². The molecule has 0 aromatic heterocycles. The molecule has 0 radical (unpaired) electrons. The lowest BCUT2D eigenvalue weighted by Gasteiger charge is -2.24. The van der Waals surface area contributed by atoms with Gasteiger partial charge in [-0.05, 0) is 36.5 Å². The summed E-state index contributed by atoms with van der Waals surface area (Å²) in [6, 6.07) is 5.93. The lowest BCUT2D eigenvalue weighted by atomic mass is 10.1. The first-order valence-corrected chi connectivity index (χ1v) is 6.95. The van der Waals surface area contributed by atoms with E-state index >= 15 is 0 Å². The Morgan fingerprint density at radius 1 is 1.39 bits per heavy atom. The van der Waals surface area contributed by atoms with Gasteiger partial charge in [0.1, 0.15) is 5.75 Å². The second-order valence-electron chi connectivity index (χ2n) is 5.01. The van der Waals surface area contributed by atoms with Gasteiger partial charge in [0.25, 0.3) is 0 Å². The van der Waals surface area contributed by atoms with Crippen LogP contribution in [-0.4, -0.2) is 26.3 Å². The average molecular weight is 268 g/mol. The van der Waals surface area contributed by atoms with Gasteiger partial charge in [0, 0.05) is 13.1 Å². The molecule has 1 N–H and O–H groups in total. The van der Waals surface area contributed by atoms with Crippen molar-refractivity contribution >= 4 is 11.6 Å². The Labute approximate surface area is 112 Å². The van der Waals surface area contributed by atoms with Crippen LogP contribution in [0.4, 0.5) is 0 Å². The van der Waals surface area contributed by atoms with E-state index in [2.05, 4.69) is 5.32 Å². The molecule has 3 rings (SSSR count). The van der Waals surface area contributed by atoms with Crippen molar-refractivity contribution < 1.29 is 9.47 Å². The van der Waals surface area contributed by atoms with Crippen LogP contribution >= 0.6 is 11.6 Å². The van der Waals surface area contributed by atoms with Crippen molar-refractivity contribution in [1.82, 2.24) is 5.32 Å². The lowest BCUT2D eigenvalue weighted by Crippen LogP contribution is -2.33. The standard InChI is InChI=1S/C14H18ClNO2/c15-12-4-3-11(14-8-16-5-6-17-14)7-13(12)18-9-10-1-2-10/h3-4,7,10,14,16H,1-2,5-6,8-9H2. The highest BCUT2D eigenvalue weighted by atomic mass is 35.5. The van der Waals surface area contributed by atoms with Crippen LogP contribution < -0.4 is 10.1 Å². The maximum Gasteiger partial charge on any atom is 0.138 e.